The lowest BCUT2D eigenvalue weighted by Crippen LogP contribution is -2.48. The highest BCUT2D eigenvalue weighted by molar-refractivity contribution is 6.04. The van der Waals surface area contributed by atoms with Crippen LogP contribution in [-0.4, -0.2) is 59.7 Å². The maximum Gasteiger partial charge on any atom is 0.334 e. The molecule has 0 aromatic heterocycles. The van der Waals surface area contributed by atoms with Crippen LogP contribution in [0.1, 0.15) is 17.3 Å². The Labute approximate surface area is 132 Å². The number of carbonyl (C=O) groups is 3. The Kier molecular flexibility index (Phi) is 3.91. The van der Waals surface area contributed by atoms with Crippen molar-refractivity contribution < 1.29 is 29.0 Å². The van der Waals surface area contributed by atoms with Gasteiger partial charge in [-0.15, -0.1) is 0 Å². The van der Waals surface area contributed by atoms with Crippen LogP contribution in [0.15, 0.2) is 18.2 Å². The summed E-state index contributed by atoms with van der Waals surface area (Å²) in [7, 11) is 0. The molecule has 0 radical (unpaired) electrons. The Morgan fingerprint density at radius 1 is 1.39 bits per heavy atom. The van der Waals surface area contributed by atoms with Gasteiger partial charge >= 0.3 is 5.97 Å². The van der Waals surface area contributed by atoms with Gasteiger partial charge in [0.15, 0.2) is 18.0 Å². The standard InChI is InChI=1S/C15H16N2O6/c1-8-13(18)16-10-4-2-3-9(12(10)23-8)14(19)17-5-6-22-11(7-17)15(20)21/h2-4,8,11H,5-7H2,1H3,(H,16,18)(H,20,21)/t8-,11+/m1/s1. The molecule has 0 bridgehead atoms. The van der Waals surface area contributed by atoms with Crippen LogP contribution in [0, 0.1) is 0 Å². The zero-order chi connectivity index (χ0) is 16.6. The number of rotatable bonds is 2. The number of carbonyl (C=O) groups excluding carboxylic acids is 2. The van der Waals surface area contributed by atoms with Crippen LogP contribution in [-0.2, 0) is 14.3 Å². The van der Waals surface area contributed by atoms with Crippen LogP contribution in [0.5, 0.6) is 5.75 Å². The van der Waals surface area contributed by atoms with E-state index < -0.39 is 18.2 Å². The normalized spacial score (nSPS) is 23.5. The highest BCUT2D eigenvalue weighted by Gasteiger charge is 2.33. The number of nitrogens with one attached hydrogen (secondary N) is 1. The topological polar surface area (TPSA) is 105 Å². The zero-order valence-corrected chi connectivity index (χ0v) is 12.4. The fourth-order valence-corrected chi connectivity index (χ4v) is 2.55. The molecular weight excluding hydrogens is 304 g/mol. The van der Waals surface area contributed by atoms with Crippen LogP contribution in [0.2, 0.25) is 0 Å². The summed E-state index contributed by atoms with van der Waals surface area (Å²) in [6.45, 7) is 2.02. The van der Waals surface area contributed by atoms with Crippen molar-refractivity contribution in [2.75, 3.05) is 25.0 Å². The van der Waals surface area contributed by atoms with Crippen molar-refractivity contribution in [1.82, 2.24) is 4.90 Å². The van der Waals surface area contributed by atoms with E-state index >= 15 is 0 Å². The van der Waals surface area contributed by atoms with Crippen molar-refractivity contribution in [2.45, 2.75) is 19.1 Å². The molecule has 2 heterocycles. The summed E-state index contributed by atoms with van der Waals surface area (Å²) in [6.07, 6.45) is -1.74. The molecule has 122 valence electrons. The number of ether oxygens (including phenoxy) is 2. The lowest BCUT2D eigenvalue weighted by molar-refractivity contribution is -0.154. The number of hydrogen-bond donors (Lipinski definition) is 2. The molecule has 1 saturated heterocycles. The lowest BCUT2D eigenvalue weighted by atomic mass is 10.1. The summed E-state index contributed by atoms with van der Waals surface area (Å²) < 4.78 is 10.7. The molecule has 2 atom stereocenters. The van der Waals surface area contributed by atoms with E-state index in [0.717, 1.165) is 0 Å². The maximum atomic E-state index is 12.7. The summed E-state index contributed by atoms with van der Waals surface area (Å²) >= 11 is 0. The van der Waals surface area contributed by atoms with Gasteiger partial charge in [-0.25, -0.2) is 4.79 Å². The molecule has 2 N–H and O–H groups in total. The van der Waals surface area contributed by atoms with Gasteiger partial charge in [-0.1, -0.05) is 6.07 Å². The van der Waals surface area contributed by atoms with Gasteiger partial charge in [0.25, 0.3) is 11.8 Å². The van der Waals surface area contributed by atoms with E-state index in [0.29, 0.717) is 23.5 Å². The van der Waals surface area contributed by atoms with E-state index in [1.807, 2.05) is 0 Å². The van der Waals surface area contributed by atoms with Crippen LogP contribution in [0.4, 0.5) is 5.69 Å². The number of benzene rings is 1. The van der Waals surface area contributed by atoms with E-state index in [1.165, 1.54) is 4.90 Å². The van der Waals surface area contributed by atoms with Crippen molar-refractivity contribution in [3.8, 4) is 5.75 Å². The minimum absolute atomic E-state index is 0.0280. The van der Waals surface area contributed by atoms with Crippen molar-refractivity contribution in [3.63, 3.8) is 0 Å². The quantitative estimate of drug-likeness (QED) is 0.814. The fourth-order valence-electron chi connectivity index (χ4n) is 2.55. The van der Waals surface area contributed by atoms with Crippen LogP contribution < -0.4 is 10.1 Å². The Morgan fingerprint density at radius 2 is 2.17 bits per heavy atom. The molecule has 0 saturated carbocycles. The van der Waals surface area contributed by atoms with Crippen molar-refractivity contribution in [1.29, 1.82) is 0 Å². The summed E-state index contributed by atoms with van der Waals surface area (Å²) in [4.78, 5) is 36.8. The van der Waals surface area contributed by atoms with Gasteiger partial charge in [0.1, 0.15) is 0 Å². The van der Waals surface area contributed by atoms with Crippen molar-refractivity contribution >= 4 is 23.5 Å². The fraction of sp³-hybridized carbons (Fsp3) is 0.400. The molecule has 8 heteroatoms. The minimum atomic E-state index is -1.10. The molecule has 0 aliphatic carbocycles. The molecule has 0 spiro atoms. The SMILES string of the molecule is C[C@H]1Oc2c(cccc2C(=O)N2CCO[C@H](C(=O)O)C2)NC1=O. The van der Waals surface area contributed by atoms with E-state index in [1.54, 1.807) is 25.1 Å². The van der Waals surface area contributed by atoms with Gasteiger partial charge in [0.05, 0.1) is 24.4 Å². The molecule has 1 fully saturated rings. The molecule has 2 aliphatic heterocycles. The predicted octanol–water partition coefficient (Wildman–Crippen LogP) is 0.332. The molecule has 3 rings (SSSR count). The first-order valence-corrected chi connectivity index (χ1v) is 7.21. The Balaban J connectivity index is 1.87. The lowest BCUT2D eigenvalue weighted by Gasteiger charge is -2.32. The monoisotopic (exact) mass is 320 g/mol. The van der Waals surface area contributed by atoms with E-state index in [2.05, 4.69) is 5.32 Å². The minimum Gasteiger partial charge on any atom is -0.479 e. The molecular formula is C15H16N2O6. The number of aliphatic carboxylic acids is 1. The summed E-state index contributed by atoms with van der Waals surface area (Å²) in [5, 5.41) is 11.7. The Hall–Kier alpha value is -2.61. The first kappa shape index (κ1) is 15.3. The summed E-state index contributed by atoms with van der Waals surface area (Å²) in [5.74, 6) is -1.42. The molecule has 2 amide bonds. The van der Waals surface area contributed by atoms with Gasteiger partial charge in [0, 0.05) is 6.54 Å². The van der Waals surface area contributed by atoms with E-state index in [9.17, 15) is 14.4 Å². The number of morpholine rings is 1. The number of hydrogen-bond acceptors (Lipinski definition) is 5. The first-order valence-electron chi connectivity index (χ1n) is 7.21. The van der Waals surface area contributed by atoms with Gasteiger partial charge in [-0.05, 0) is 19.1 Å². The van der Waals surface area contributed by atoms with Crippen LogP contribution in [0.3, 0.4) is 0 Å². The summed E-state index contributed by atoms with van der Waals surface area (Å²) in [5.41, 5.74) is 0.724. The van der Waals surface area contributed by atoms with Gasteiger partial charge in [-0.3, -0.25) is 9.59 Å². The largest absolute Gasteiger partial charge is 0.479 e. The first-order chi connectivity index (χ1) is 11.0. The average Bonchev–Trinajstić information content (AvgIpc) is 2.55. The van der Waals surface area contributed by atoms with E-state index in [-0.39, 0.29) is 25.0 Å². The maximum absolute atomic E-state index is 12.7. The summed E-state index contributed by atoms with van der Waals surface area (Å²) in [6, 6.07) is 4.88. The second kappa shape index (κ2) is 5.88. The average molecular weight is 320 g/mol. The third kappa shape index (κ3) is 2.85. The molecule has 1 aromatic carbocycles. The molecule has 23 heavy (non-hydrogen) atoms. The number of carboxylic acid groups (broad SMARTS) is 1. The van der Waals surface area contributed by atoms with Gasteiger partial charge in [-0.2, -0.15) is 0 Å². The van der Waals surface area contributed by atoms with Gasteiger partial charge in [0.2, 0.25) is 0 Å². The zero-order valence-electron chi connectivity index (χ0n) is 12.4. The molecule has 0 unspecified atom stereocenters. The Morgan fingerprint density at radius 3 is 2.91 bits per heavy atom. The number of nitrogens with zero attached hydrogens (tertiary/aromatic N) is 1. The molecule has 1 aromatic rings. The second-order valence-electron chi connectivity index (χ2n) is 5.38. The number of anilines is 1. The molecule has 2 aliphatic rings. The van der Waals surface area contributed by atoms with Gasteiger partial charge < -0.3 is 24.8 Å². The Bertz CT molecular complexity index is 674. The number of carboxylic acids is 1. The number of fused-ring (bicyclic) bond motifs is 1. The van der Waals surface area contributed by atoms with Crippen LogP contribution in [0.25, 0.3) is 0 Å². The third-order valence-electron chi connectivity index (χ3n) is 3.80. The number of amides is 2. The van der Waals surface area contributed by atoms with Crippen molar-refractivity contribution in [3.05, 3.63) is 23.8 Å². The molecule has 8 nitrogen and oxygen atoms in total. The van der Waals surface area contributed by atoms with Crippen molar-refractivity contribution in [2.24, 2.45) is 0 Å². The smallest absolute Gasteiger partial charge is 0.334 e. The predicted molar refractivity (Wildman–Crippen MR) is 78.4 cm³/mol. The number of para-hydroxylation sites is 1. The third-order valence-corrected chi connectivity index (χ3v) is 3.80. The second-order valence-corrected chi connectivity index (χ2v) is 5.38. The highest BCUT2D eigenvalue weighted by atomic mass is 16.5. The van der Waals surface area contributed by atoms with E-state index in [4.69, 9.17) is 14.6 Å². The highest BCUT2D eigenvalue weighted by Crippen LogP contribution is 2.34. The van der Waals surface area contributed by atoms with Crippen LogP contribution >= 0.6 is 0 Å².